The standard InChI is InChI=1S/C19H19F3N4O/c20-19(21,22)17-9-16(5-4-14(17)10-23)26(6-7-27)15-3-1-2-13(8-15)18-11-24-12-25-18/h2,4-5,9,11-12,15,27H,1,3,6-8H2,(H,24,25). The highest BCUT2D eigenvalue weighted by Crippen LogP contribution is 2.37. The molecule has 1 heterocycles. The Morgan fingerprint density at radius 3 is 2.81 bits per heavy atom. The average molecular weight is 376 g/mol. The molecule has 0 spiro atoms. The van der Waals surface area contributed by atoms with Crippen LogP contribution in [0.5, 0.6) is 0 Å². The second kappa shape index (κ2) is 7.84. The molecule has 2 aromatic rings. The van der Waals surface area contributed by atoms with Crippen molar-refractivity contribution in [3.8, 4) is 6.07 Å². The molecule has 3 rings (SSSR count). The maximum absolute atomic E-state index is 13.3. The molecule has 1 aromatic carbocycles. The summed E-state index contributed by atoms with van der Waals surface area (Å²) in [6, 6.07) is 5.23. The van der Waals surface area contributed by atoms with E-state index in [1.165, 1.54) is 12.1 Å². The number of allylic oxidation sites excluding steroid dienone is 1. The molecule has 27 heavy (non-hydrogen) atoms. The first-order valence-electron chi connectivity index (χ1n) is 8.61. The van der Waals surface area contributed by atoms with Crippen LogP contribution in [0.2, 0.25) is 0 Å². The Balaban J connectivity index is 1.92. The highest BCUT2D eigenvalue weighted by Gasteiger charge is 2.35. The summed E-state index contributed by atoms with van der Waals surface area (Å²) in [6.45, 7) is 0.0288. The maximum Gasteiger partial charge on any atom is 0.417 e. The number of H-pyrrole nitrogens is 1. The molecule has 5 nitrogen and oxygen atoms in total. The summed E-state index contributed by atoms with van der Waals surface area (Å²) in [6.07, 6.45) is 3.00. The number of aromatic amines is 1. The van der Waals surface area contributed by atoms with Gasteiger partial charge >= 0.3 is 6.18 Å². The van der Waals surface area contributed by atoms with Crippen LogP contribution in [-0.2, 0) is 6.18 Å². The van der Waals surface area contributed by atoms with E-state index in [1.807, 2.05) is 0 Å². The zero-order chi connectivity index (χ0) is 19.4. The van der Waals surface area contributed by atoms with E-state index in [-0.39, 0.29) is 19.2 Å². The number of anilines is 1. The molecule has 1 aliphatic carbocycles. The molecule has 142 valence electrons. The van der Waals surface area contributed by atoms with Gasteiger partial charge in [-0.15, -0.1) is 0 Å². The third-order valence-electron chi connectivity index (χ3n) is 4.72. The van der Waals surface area contributed by atoms with Crippen molar-refractivity contribution in [1.82, 2.24) is 9.97 Å². The predicted octanol–water partition coefficient (Wildman–Crippen LogP) is 3.73. The number of alkyl halides is 3. The number of imidazole rings is 1. The fourth-order valence-corrected chi connectivity index (χ4v) is 3.47. The van der Waals surface area contributed by atoms with E-state index in [0.717, 1.165) is 30.2 Å². The quantitative estimate of drug-likeness (QED) is 0.834. The number of rotatable bonds is 5. The molecule has 1 unspecified atom stereocenters. The Labute approximate surface area is 154 Å². The number of aromatic nitrogens is 2. The number of hydrogen-bond donors (Lipinski definition) is 2. The minimum atomic E-state index is -4.61. The van der Waals surface area contributed by atoms with Crippen LogP contribution in [0.3, 0.4) is 0 Å². The Morgan fingerprint density at radius 1 is 1.37 bits per heavy atom. The van der Waals surface area contributed by atoms with E-state index in [0.29, 0.717) is 12.1 Å². The van der Waals surface area contributed by atoms with Gasteiger partial charge in [-0.1, -0.05) is 6.08 Å². The Morgan fingerprint density at radius 2 is 2.19 bits per heavy atom. The van der Waals surface area contributed by atoms with Crippen molar-refractivity contribution in [3.05, 3.63) is 53.6 Å². The fraction of sp³-hybridized carbons (Fsp3) is 0.368. The van der Waals surface area contributed by atoms with Crippen LogP contribution in [0.1, 0.15) is 36.1 Å². The molecule has 0 amide bonds. The second-order valence-corrected chi connectivity index (χ2v) is 6.38. The lowest BCUT2D eigenvalue weighted by molar-refractivity contribution is -0.137. The van der Waals surface area contributed by atoms with Gasteiger partial charge in [0.05, 0.1) is 35.8 Å². The zero-order valence-corrected chi connectivity index (χ0v) is 14.5. The molecule has 0 saturated carbocycles. The molecule has 1 aromatic heterocycles. The van der Waals surface area contributed by atoms with Gasteiger partial charge in [0.2, 0.25) is 0 Å². The lowest BCUT2D eigenvalue weighted by Crippen LogP contribution is -2.39. The molecule has 2 N–H and O–H groups in total. The first-order chi connectivity index (χ1) is 12.9. The second-order valence-electron chi connectivity index (χ2n) is 6.38. The molecule has 0 radical (unpaired) electrons. The molecular formula is C19H19F3N4O. The molecule has 0 saturated heterocycles. The van der Waals surface area contributed by atoms with Gasteiger partial charge in [0.15, 0.2) is 0 Å². The van der Waals surface area contributed by atoms with Crippen LogP contribution >= 0.6 is 0 Å². The van der Waals surface area contributed by atoms with E-state index in [1.54, 1.807) is 23.5 Å². The van der Waals surface area contributed by atoms with Gasteiger partial charge in [-0.05, 0) is 43.0 Å². The summed E-state index contributed by atoms with van der Waals surface area (Å²) in [5, 5.41) is 18.4. The number of benzene rings is 1. The molecular weight excluding hydrogens is 357 g/mol. The van der Waals surface area contributed by atoms with Crippen LogP contribution in [0.25, 0.3) is 5.57 Å². The summed E-state index contributed by atoms with van der Waals surface area (Å²) in [7, 11) is 0. The van der Waals surface area contributed by atoms with Crippen LogP contribution in [0, 0.1) is 11.3 Å². The van der Waals surface area contributed by atoms with Gasteiger partial charge in [0, 0.05) is 24.5 Å². The fourth-order valence-electron chi connectivity index (χ4n) is 3.47. The molecule has 0 fully saturated rings. The Bertz CT molecular complexity index is 853. The summed E-state index contributed by atoms with van der Waals surface area (Å²) in [5.41, 5.74) is 0.837. The molecule has 1 aliphatic rings. The molecule has 8 heteroatoms. The largest absolute Gasteiger partial charge is 0.417 e. The van der Waals surface area contributed by atoms with Crippen molar-refractivity contribution in [2.45, 2.75) is 31.5 Å². The number of hydrogen-bond acceptors (Lipinski definition) is 4. The number of aliphatic hydroxyl groups is 1. The van der Waals surface area contributed by atoms with Gasteiger partial charge in [-0.2, -0.15) is 18.4 Å². The number of nitriles is 1. The smallest absolute Gasteiger partial charge is 0.395 e. The van der Waals surface area contributed by atoms with Crippen molar-refractivity contribution in [2.24, 2.45) is 0 Å². The lowest BCUT2D eigenvalue weighted by atomic mass is 9.91. The van der Waals surface area contributed by atoms with E-state index in [4.69, 9.17) is 5.26 Å². The summed E-state index contributed by atoms with van der Waals surface area (Å²) < 4.78 is 39.9. The van der Waals surface area contributed by atoms with E-state index >= 15 is 0 Å². The minimum Gasteiger partial charge on any atom is -0.395 e. The van der Waals surface area contributed by atoms with E-state index in [9.17, 15) is 18.3 Å². The highest BCUT2D eigenvalue weighted by molar-refractivity contribution is 5.65. The molecule has 0 aliphatic heterocycles. The molecule has 1 atom stereocenters. The zero-order valence-electron chi connectivity index (χ0n) is 14.5. The monoisotopic (exact) mass is 376 g/mol. The third-order valence-corrected chi connectivity index (χ3v) is 4.72. The van der Waals surface area contributed by atoms with Crippen LogP contribution in [0.15, 0.2) is 36.8 Å². The van der Waals surface area contributed by atoms with Crippen LogP contribution in [0.4, 0.5) is 18.9 Å². The lowest BCUT2D eigenvalue weighted by Gasteiger charge is -2.36. The number of halogens is 3. The average Bonchev–Trinajstić information content (AvgIpc) is 3.20. The SMILES string of the molecule is N#Cc1ccc(N(CCO)C2CCC=C(c3c[nH]cn3)C2)cc1C(F)(F)F. The Hall–Kier alpha value is -2.79. The third kappa shape index (κ3) is 4.14. The van der Waals surface area contributed by atoms with E-state index < -0.39 is 17.3 Å². The predicted molar refractivity (Wildman–Crippen MR) is 94.8 cm³/mol. The van der Waals surface area contributed by atoms with Gasteiger partial charge in [0.1, 0.15) is 0 Å². The van der Waals surface area contributed by atoms with Gasteiger partial charge in [-0.3, -0.25) is 0 Å². The van der Waals surface area contributed by atoms with Crippen molar-refractivity contribution in [2.75, 3.05) is 18.1 Å². The Kier molecular flexibility index (Phi) is 5.51. The number of nitrogens with one attached hydrogen (secondary N) is 1. The number of nitrogens with zero attached hydrogens (tertiary/aromatic N) is 3. The van der Waals surface area contributed by atoms with Crippen LogP contribution in [-0.4, -0.2) is 34.3 Å². The summed E-state index contributed by atoms with van der Waals surface area (Å²) >= 11 is 0. The topological polar surface area (TPSA) is 75.9 Å². The van der Waals surface area contributed by atoms with E-state index in [2.05, 4.69) is 16.0 Å². The van der Waals surface area contributed by atoms with Crippen molar-refractivity contribution in [3.63, 3.8) is 0 Å². The van der Waals surface area contributed by atoms with Crippen molar-refractivity contribution < 1.29 is 18.3 Å². The highest BCUT2D eigenvalue weighted by atomic mass is 19.4. The first kappa shape index (κ1) is 19.0. The maximum atomic E-state index is 13.3. The van der Waals surface area contributed by atoms with Gasteiger partial charge < -0.3 is 15.0 Å². The minimum absolute atomic E-state index is 0.0668. The normalized spacial score (nSPS) is 17.3. The van der Waals surface area contributed by atoms with Crippen molar-refractivity contribution in [1.29, 1.82) is 5.26 Å². The van der Waals surface area contributed by atoms with Crippen LogP contribution < -0.4 is 4.90 Å². The summed E-state index contributed by atoms with van der Waals surface area (Å²) in [5.74, 6) is 0. The van der Waals surface area contributed by atoms with Gasteiger partial charge in [0.25, 0.3) is 0 Å². The summed E-state index contributed by atoms with van der Waals surface area (Å²) in [4.78, 5) is 8.94. The van der Waals surface area contributed by atoms with Gasteiger partial charge in [-0.25, -0.2) is 4.98 Å². The molecule has 0 bridgehead atoms. The first-order valence-corrected chi connectivity index (χ1v) is 8.61. The number of aliphatic hydroxyl groups excluding tert-OH is 1. The van der Waals surface area contributed by atoms with Crippen molar-refractivity contribution >= 4 is 11.3 Å².